The van der Waals surface area contributed by atoms with Crippen molar-refractivity contribution in [3.05, 3.63) is 105 Å². The molecule has 9 heteroatoms. The number of amides is 1. The number of carbonyl (C=O) groups is 2. The molecule has 4 rings (SSSR count). The lowest BCUT2D eigenvalue weighted by Crippen LogP contribution is -2.24. The standard InChI is InChI=1S/C36H36Cl3NO5/c1-24-18-30(14-15-33(24)39)44-17-7-5-3-2-4-6-16-40-36(43)27-21-31(25-10-8-12-28(37)19-25)35(45-23-34(41)42)32(22-27)26-11-9-13-29(38)20-26/h8-15,18-22H,2-7,16-17,23H2,1H3,(H,40,43)(H,41,42). The van der Waals surface area contributed by atoms with Crippen molar-refractivity contribution in [2.75, 3.05) is 19.8 Å². The maximum Gasteiger partial charge on any atom is 0.341 e. The Labute approximate surface area is 279 Å². The second-order valence-corrected chi connectivity index (χ2v) is 12.0. The van der Waals surface area contributed by atoms with Crippen molar-refractivity contribution < 1.29 is 24.2 Å². The zero-order valence-corrected chi connectivity index (χ0v) is 27.4. The Morgan fingerprint density at radius 1 is 0.733 bits per heavy atom. The van der Waals surface area contributed by atoms with E-state index >= 15 is 0 Å². The van der Waals surface area contributed by atoms with E-state index in [0.717, 1.165) is 54.9 Å². The van der Waals surface area contributed by atoms with Crippen LogP contribution in [0.3, 0.4) is 0 Å². The molecule has 0 radical (unpaired) electrons. The van der Waals surface area contributed by atoms with Gasteiger partial charge in [-0.15, -0.1) is 0 Å². The number of carboxylic acid groups (broad SMARTS) is 1. The van der Waals surface area contributed by atoms with E-state index in [4.69, 9.17) is 44.3 Å². The molecule has 236 valence electrons. The van der Waals surface area contributed by atoms with Crippen LogP contribution in [0.4, 0.5) is 0 Å². The summed E-state index contributed by atoms with van der Waals surface area (Å²) in [5.41, 5.74) is 3.90. The van der Waals surface area contributed by atoms with Gasteiger partial charge in [-0.2, -0.15) is 0 Å². The molecule has 4 aromatic rings. The molecule has 0 saturated carbocycles. The van der Waals surface area contributed by atoms with E-state index in [1.54, 1.807) is 48.5 Å². The van der Waals surface area contributed by atoms with Crippen molar-refractivity contribution in [2.24, 2.45) is 0 Å². The molecule has 2 N–H and O–H groups in total. The summed E-state index contributed by atoms with van der Waals surface area (Å²) in [7, 11) is 0. The average Bonchev–Trinajstić information content (AvgIpc) is 3.02. The summed E-state index contributed by atoms with van der Waals surface area (Å²) >= 11 is 18.7. The second kappa shape index (κ2) is 17.1. The van der Waals surface area contributed by atoms with E-state index < -0.39 is 12.6 Å². The molecule has 0 spiro atoms. The van der Waals surface area contributed by atoms with Crippen LogP contribution in [0.1, 0.15) is 54.4 Å². The van der Waals surface area contributed by atoms with Crippen molar-refractivity contribution in [2.45, 2.75) is 45.4 Å². The van der Waals surface area contributed by atoms with Crippen molar-refractivity contribution in [1.82, 2.24) is 5.32 Å². The quantitative estimate of drug-likeness (QED) is 0.116. The van der Waals surface area contributed by atoms with Crippen LogP contribution < -0.4 is 14.8 Å². The number of rotatable bonds is 16. The summed E-state index contributed by atoms with van der Waals surface area (Å²) in [6.07, 6.45) is 6.09. The number of nitrogens with one attached hydrogen (secondary N) is 1. The van der Waals surface area contributed by atoms with Crippen molar-refractivity contribution in [1.29, 1.82) is 0 Å². The van der Waals surface area contributed by atoms with E-state index in [0.29, 0.717) is 56.8 Å². The molecule has 0 fully saturated rings. The van der Waals surface area contributed by atoms with Gasteiger partial charge in [-0.25, -0.2) is 4.79 Å². The fraction of sp³-hybridized carbons (Fsp3) is 0.278. The molecule has 0 saturated heterocycles. The summed E-state index contributed by atoms with van der Waals surface area (Å²) in [5.74, 6) is -0.185. The molecule has 0 aliphatic rings. The lowest BCUT2D eigenvalue weighted by molar-refractivity contribution is -0.139. The molecule has 45 heavy (non-hydrogen) atoms. The maximum absolute atomic E-state index is 13.4. The number of aliphatic carboxylic acids is 1. The van der Waals surface area contributed by atoms with Crippen LogP contribution in [0.2, 0.25) is 15.1 Å². The number of carboxylic acids is 1. The van der Waals surface area contributed by atoms with Crippen LogP contribution in [0.25, 0.3) is 22.3 Å². The minimum absolute atomic E-state index is 0.235. The molecule has 0 aliphatic carbocycles. The van der Waals surface area contributed by atoms with Crippen LogP contribution in [-0.4, -0.2) is 36.7 Å². The van der Waals surface area contributed by atoms with E-state index in [-0.39, 0.29) is 5.91 Å². The molecule has 0 heterocycles. The fourth-order valence-electron chi connectivity index (χ4n) is 4.93. The van der Waals surface area contributed by atoms with Crippen LogP contribution in [0.5, 0.6) is 11.5 Å². The van der Waals surface area contributed by atoms with E-state index in [1.165, 1.54) is 0 Å². The van der Waals surface area contributed by atoms with Crippen LogP contribution in [0.15, 0.2) is 78.9 Å². The minimum atomic E-state index is -1.12. The molecule has 0 atom stereocenters. The number of hydrogen-bond acceptors (Lipinski definition) is 4. The number of halogens is 3. The zero-order chi connectivity index (χ0) is 32.2. The normalized spacial score (nSPS) is 10.8. The van der Waals surface area contributed by atoms with Gasteiger partial charge in [-0.1, -0.05) is 84.8 Å². The van der Waals surface area contributed by atoms with Crippen LogP contribution >= 0.6 is 34.8 Å². The third kappa shape index (κ3) is 10.4. The van der Waals surface area contributed by atoms with Crippen molar-refractivity contribution in [3.63, 3.8) is 0 Å². The predicted octanol–water partition coefficient (Wildman–Crippen LogP) is 9.90. The topological polar surface area (TPSA) is 84.9 Å². The summed E-state index contributed by atoms with van der Waals surface area (Å²) in [6, 6.07) is 23.3. The molecule has 1 amide bonds. The van der Waals surface area contributed by atoms with Gasteiger partial charge in [-0.05, 0) is 91.1 Å². The van der Waals surface area contributed by atoms with Gasteiger partial charge < -0.3 is 19.9 Å². The number of ether oxygens (including phenoxy) is 2. The number of carbonyl (C=O) groups excluding carboxylic acids is 1. The van der Waals surface area contributed by atoms with Crippen LogP contribution in [-0.2, 0) is 4.79 Å². The average molecular weight is 669 g/mol. The van der Waals surface area contributed by atoms with Gasteiger partial charge >= 0.3 is 5.97 Å². The van der Waals surface area contributed by atoms with Gasteiger partial charge in [-0.3, -0.25) is 4.79 Å². The van der Waals surface area contributed by atoms with Crippen molar-refractivity contribution >= 4 is 46.7 Å². The number of aryl methyl sites for hydroxylation is 1. The van der Waals surface area contributed by atoms with Gasteiger partial charge in [0.1, 0.15) is 11.5 Å². The Morgan fingerprint density at radius 3 is 1.91 bits per heavy atom. The SMILES string of the molecule is Cc1cc(OCCCCCCCCNC(=O)c2cc(-c3cccc(Cl)c3)c(OCC(=O)O)c(-c3cccc(Cl)c3)c2)ccc1Cl. The lowest BCUT2D eigenvalue weighted by Gasteiger charge is -2.18. The summed E-state index contributed by atoms with van der Waals surface area (Å²) in [4.78, 5) is 24.8. The Morgan fingerprint density at radius 2 is 1.33 bits per heavy atom. The summed E-state index contributed by atoms with van der Waals surface area (Å²) in [6.45, 7) is 2.62. The Hall–Kier alpha value is -3.71. The monoisotopic (exact) mass is 667 g/mol. The molecule has 0 aromatic heterocycles. The predicted molar refractivity (Wildman–Crippen MR) is 182 cm³/mol. The van der Waals surface area contributed by atoms with Gasteiger partial charge in [0.05, 0.1) is 6.61 Å². The van der Waals surface area contributed by atoms with E-state index in [2.05, 4.69) is 5.32 Å². The third-order valence-electron chi connectivity index (χ3n) is 7.22. The maximum atomic E-state index is 13.4. The van der Waals surface area contributed by atoms with E-state index in [9.17, 15) is 14.7 Å². The first-order valence-corrected chi connectivity index (χ1v) is 16.1. The molecule has 6 nitrogen and oxygen atoms in total. The fourth-order valence-corrected chi connectivity index (χ4v) is 5.42. The van der Waals surface area contributed by atoms with Gasteiger partial charge in [0.2, 0.25) is 0 Å². The smallest absolute Gasteiger partial charge is 0.341 e. The lowest BCUT2D eigenvalue weighted by atomic mass is 9.94. The highest BCUT2D eigenvalue weighted by molar-refractivity contribution is 6.31. The summed E-state index contributed by atoms with van der Waals surface area (Å²) < 4.78 is 11.6. The number of hydrogen-bond donors (Lipinski definition) is 2. The van der Waals surface area contributed by atoms with Crippen LogP contribution in [0, 0.1) is 6.92 Å². The molecule has 4 aromatic carbocycles. The first kappa shape index (κ1) is 34.2. The highest BCUT2D eigenvalue weighted by Crippen LogP contribution is 2.41. The Balaban J connectivity index is 1.36. The van der Waals surface area contributed by atoms with E-state index in [1.807, 2.05) is 37.3 Å². The highest BCUT2D eigenvalue weighted by Gasteiger charge is 2.20. The third-order valence-corrected chi connectivity index (χ3v) is 8.11. The Kier molecular flexibility index (Phi) is 13.0. The molecule has 0 bridgehead atoms. The first-order chi connectivity index (χ1) is 21.7. The first-order valence-electron chi connectivity index (χ1n) is 14.9. The highest BCUT2D eigenvalue weighted by atomic mass is 35.5. The van der Waals surface area contributed by atoms with Gasteiger partial charge in [0.25, 0.3) is 5.91 Å². The zero-order valence-electron chi connectivity index (χ0n) is 25.1. The molecule has 0 unspecified atom stereocenters. The minimum Gasteiger partial charge on any atom is -0.494 e. The van der Waals surface area contributed by atoms with Gasteiger partial charge in [0.15, 0.2) is 6.61 Å². The number of unbranched alkanes of at least 4 members (excludes halogenated alkanes) is 5. The van der Waals surface area contributed by atoms with Gasteiger partial charge in [0, 0.05) is 38.3 Å². The van der Waals surface area contributed by atoms with Crippen molar-refractivity contribution in [3.8, 4) is 33.8 Å². The molecular formula is C36H36Cl3NO5. The second-order valence-electron chi connectivity index (χ2n) is 10.7. The Bertz CT molecular complexity index is 1560. The number of benzene rings is 4. The molecule has 0 aliphatic heterocycles. The largest absolute Gasteiger partial charge is 0.494 e. The summed E-state index contributed by atoms with van der Waals surface area (Å²) in [5, 5.41) is 14.1. The molecular weight excluding hydrogens is 633 g/mol.